The van der Waals surface area contributed by atoms with E-state index < -0.39 is 5.82 Å². The van der Waals surface area contributed by atoms with Crippen LogP contribution in [0, 0.1) is 5.82 Å². The number of amides is 1. The maximum Gasteiger partial charge on any atom is 0.224 e. The molecule has 1 aromatic carbocycles. The number of aromatic nitrogens is 1. The number of hydrogen-bond donors (Lipinski definition) is 2. The SMILES string of the molecule is CCCCC(=O)Nc1ccc(Nc2ccc(F)c(Cl)c2)nc1. The fraction of sp³-hybridized carbons (Fsp3) is 0.250. The second-order valence-corrected chi connectivity index (χ2v) is 5.24. The third-order valence-electron chi connectivity index (χ3n) is 3.00. The van der Waals surface area contributed by atoms with Gasteiger partial charge in [-0.3, -0.25) is 4.79 Å². The first kappa shape index (κ1) is 16.2. The molecule has 0 spiro atoms. The number of halogens is 2. The first-order valence-corrected chi connectivity index (χ1v) is 7.44. The maximum atomic E-state index is 13.1. The Bertz CT molecular complexity index is 646. The molecule has 116 valence electrons. The molecule has 2 aromatic rings. The highest BCUT2D eigenvalue weighted by atomic mass is 35.5. The van der Waals surface area contributed by atoms with Crippen LogP contribution in [0.1, 0.15) is 26.2 Å². The van der Waals surface area contributed by atoms with E-state index in [1.807, 2.05) is 6.92 Å². The quantitative estimate of drug-likeness (QED) is 0.807. The van der Waals surface area contributed by atoms with Gasteiger partial charge in [0.1, 0.15) is 11.6 Å². The van der Waals surface area contributed by atoms with Gasteiger partial charge >= 0.3 is 0 Å². The molecule has 0 saturated carbocycles. The van der Waals surface area contributed by atoms with Crippen LogP contribution < -0.4 is 10.6 Å². The van der Waals surface area contributed by atoms with Crippen molar-refractivity contribution in [1.29, 1.82) is 0 Å². The molecule has 0 aliphatic heterocycles. The Hall–Kier alpha value is -2.14. The van der Waals surface area contributed by atoms with Crippen LogP contribution >= 0.6 is 11.6 Å². The molecule has 4 nitrogen and oxygen atoms in total. The van der Waals surface area contributed by atoms with Gasteiger partial charge in [0.15, 0.2) is 0 Å². The molecule has 0 aliphatic rings. The molecule has 0 unspecified atom stereocenters. The summed E-state index contributed by atoms with van der Waals surface area (Å²) in [6, 6.07) is 7.83. The van der Waals surface area contributed by atoms with Crippen molar-refractivity contribution in [3.8, 4) is 0 Å². The first-order chi connectivity index (χ1) is 10.6. The van der Waals surface area contributed by atoms with Crippen LogP contribution in [0.2, 0.25) is 5.02 Å². The molecule has 0 fully saturated rings. The average molecular weight is 322 g/mol. The van der Waals surface area contributed by atoms with Gasteiger partial charge in [0, 0.05) is 12.1 Å². The van der Waals surface area contributed by atoms with E-state index in [0.29, 0.717) is 23.6 Å². The average Bonchev–Trinajstić information content (AvgIpc) is 2.51. The number of anilines is 3. The third kappa shape index (κ3) is 4.70. The summed E-state index contributed by atoms with van der Waals surface area (Å²) >= 11 is 5.72. The number of rotatable bonds is 6. The van der Waals surface area contributed by atoms with E-state index in [-0.39, 0.29) is 10.9 Å². The van der Waals surface area contributed by atoms with Crippen molar-refractivity contribution in [3.63, 3.8) is 0 Å². The molecule has 0 atom stereocenters. The van der Waals surface area contributed by atoms with Gasteiger partial charge in [-0.2, -0.15) is 0 Å². The minimum atomic E-state index is -0.467. The van der Waals surface area contributed by atoms with Crippen molar-refractivity contribution >= 4 is 34.7 Å². The predicted molar refractivity (Wildman–Crippen MR) is 87.1 cm³/mol. The molecule has 1 heterocycles. The molecule has 6 heteroatoms. The number of carbonyl (C=O) groups excluding carboxylic acids is 1. The Balaban J connectivity index is 1.96. The lowest BCUT2D eigenvalue weighted by atomic mass is 10.2. The minimum absolute atomic E-state index is 0.0188. The largest absolute Gasteiger partial charge is 0.340 e. The van der Waals surface area contributed by atoms with E-state index in [4.69, 9.17) is 11.6 Å². The minimum Gasteiger partial charge on any atom is -0.340 e. The van der Waals surface area contributed by atoms with Gasteiger partial charge in [0.05, 0.1) is 16.9 Å². The van der Waals surface area contributed by atoms with Gasteiger partial charge in [-0.15, -0.1) is 0 Å². The highest BCUT2D eigenvalue weighted by Gasteiger charge is 2.04. The first-order valence-electron chi connectivity index (χ1n) is 7.06. The number of benzene rings is 1. The zero-order chi connectivity index (χ0) is 15.9. The Morgan fingerprint density at radius 3 is 2.68 bits per heavy atom. The van der Waals surface area contributed by atoms with Gasteiger partial charge in [-0.05, 0) is 36.8 Å². The zero-order valence-corrected chi connectivity index (χ0v) is 13.0. The second kappa shape index (κ2) is 7.75. The lowest BCUT2D eigenvalue weighted by molar-refractivity contribution is -0.116. The molecular weight excluding hydrogens is 305 g/mol. The van der Waals surface area contributed by atoms with Gasteiger partial charge < -0.3 is 10.6 Å². The predicted octanol–water partition coefficient (Wildman–Crippen LogP) is 4.75. The van der Waals surface area contributed by atoms with E-state index in [9.17, 15) is 9.18 Å². The smallest absolute Gasteiger partial charge is 0.224 e. The zero-order valence-electron chi connectivity index (χ0n) is 12.2. The van der Waals surface area contributed by atoms with E-state index >= 15 is 0 Å². The van der Waals surface area contributed by atoms with E-state index in [1.165, 1.54) is 12.1 Å². The number of hydrogen-bond acceptors (Lipinski definition) is 3. The molecule has 2 N–H and O–H groups in total. The fourth-order valence-corrected chi connectivity index (χ4v) is 2.00. The molecule has 0 bridgehead atoms. The Labute approximate surface area is 133 Å². The van der Waals surface area contributed by atoms with Crippen molar-refractivity contribution in [3.05, 3.63) is 47.4 Å². The van der Waals surface area contributed by atoms with Crippen molar-refractivity contribution in [2.45, 2.75) is 26.2 Å². The van der Waals surface area contributed by atoms with Crippen LogP contribution in [-0.2, 0) is 4.79 Å². The molecule has 1 aromatic heterocycles. The summed E-state index contributed by atoms with van der Waals surface area (Å²) in [5.41, 5.74) is 1.28. The van der Waals surface area contributed by atoms with Crippen LogP contribution in [0.25, 0.3) is 0 Å². The lowest BCUT2D eigenvalue weighted by Gasteiger charge is -2.08. The second-order valence-electron chi connectivity index (χ2n) is 4.84. The third-order valence-corrected chi connectivity index (χ3v) is 3.29. The highest BCUT2D eigenvalue weighted by Crippen LogP contribution is 2.22. The summed E-state index contributed by atoms with van der Waals surface area (Å²) in [7, 11) is 0. The van der Waals surface area contributed by atoms with Gasteiger partial charge in [-0.1, -0.05) is 24.9 Å². The Kier molecular flexibility index (Phi) is 5.72. The number of unbranched alkanes of at least 4 members (excludes halogenated alkanes) is 1. The van der Waals surface area contributed by atoms with Crippen LogP contribution in [0.15, 0.2) is 36.5 Å². The summed E-state index contributed by atoms with van der Waals surface area (Å²) in [5, 5.41) is 5.84. The molecular formula is C16H17ClFN3O. The van der Waals surface area contributed by atoms with Crippen molar-refractivity contribution in [2.24, 2.45) is 0 Å². The summed E-state index contributed by atoms with van der Waals surface area (Å²) in [6.45, 7) is 2.04. The van der Waals surface area contributed by atoms with Crippen LogP contribution in [0.5, 0.6) is 0 Å². The maximum absolute atomic E-state index is 13.1. The van der Waals surface area contributed by atoms with Gasteiger partial charge in [0.2, 0.25) is 5.91 Å². The van der Waals surface area contributed by atoms with Crippen LogP contribution in [0.3, 0.4) is 0 Å². The fourth-order valence-electron chi connectivity index (χ4n) is 1.82. The van der Waals surface area contributed by atoms with Crippen molar-refractivity contribution < 1.29 is 9.18 Å². The van der Waals surface area contributed by atoms with Crippen LogP contribution in [-0.4, -0.2) is 10.9 Å². The monoisotopic (exact) mass is 321 g/mol. The number of nitrogens with one attached hydrogen (secondary N) is 2. The number of pyridine rings is 1. The topological polar surface area (TPSA) is 54.0 Å². The number of carbonyl (C=O) groups is 1. The summed E-state index contributed by atoms with van der Waals surface area (Å²) in [6.07, 6.45) is 3.92. The molecule has 0 saturated heterocycles. The summed E-state index contributed by atoms with van der Waals surface area (Å²) in [4.78, 5) is 15.8. The van der Waals surface area contributed by atoms with Crippen LogP contribution in [0.4, 0.5) is 21.6 Å². The lowest BCUT2D eigenvalue weighted by Crippen LogP contribution is -2.11. The van der Waals surface area contributed by atoms with E-state index in [2.05, 4.69) is 15.6 Å². The van der Waals surface area contributed by atoms with Crippen molar-refractivity contribution in [1.82, 2.24) is 4.98 Å². The Morgan fingerprint density at radius 1 is 1.27 bits per heavy atom. The molecule has 22 heavy (non-hydrogen) atoms. The van der Waals surface area contributed by atoms with Gasteiger partial charge in [-0.25, -0.2) is 9.37 Å². The standard InChI is InChI=1S/C16H17ClFN3O/c1-2-3-4-16(22)21-12-6-8-15(19-10-12)20-11-5-7-14(18)13(17)9-11/h5-10H,2-4H2,1H3,(H,19,20)(H,21,22). The summed E-state index contributed by atoms with van der Waals surface area (Å²) < 4.78 is 13.1. The van der Waals surface area contributed by atoms with Gasteiger partial charge in [0.25, 0.3) is 0 Å². The molecule has 0 radical (unpaired) electrons. The number of nitrogens with zero attached hydrogens (tertiary/aromatic N) is 1. The normalized spacial score (nSPS) is 10.3. The highest BCUT2D eigenvalue weighted by molar-refractivity contribution is 6.31. The van der Waals surface area contributed by atoms with E-state index in [1.54, 1.807) is 24.4 Å². The molecule has 2 rings (SSSR count). The van der Waals surface area contributed by atoms with Crippen molar-refractivity contribution in [2.75, 3.05) is 10.6 Å². The van der Waals surface area contributed by atoms with E-state index in [0.717, 1.165) is 12.8 Å². The molecule has 1 amide bonds. The summed E-state index contributed by atoms with van der Waals surface area (Å²) in [5.74, 6) is 0.0919. The Morgan fingerprint density at radius 2 is 2.05 bits per heavy atom. The molecule has 0 aliphatic carbocycles.